The van der Waals surface area contributed by atoms with E-state index in [9.17, 15) is 24.3 Å². The van der Waals surface area contributed by atoms with Crippen LogP contribution < -0.4 is 5.32 Å². The summed E-state index contributed by atoms with van der Waals surface area (Å²) in [6.07, 6.45) is 2.86. The molecule has 0 saturated heterocycles. The number of carbonyl (C=O) groups excluding carboxylic acids is 6. The third-order valence-electron chi connectivity index (χ3n) is 6.25. The van der Waals surface area contributed by atoms with Gasteiger partial charge in [-0.25, -0.2) is 0 Å². The van der Waals surface area contributed by atoms with Crippen LogP contribution in [0.1, 0.15) is 144 Å². The normalized spacial score (nSPS) is 9.09. The number of hydrogen-bond donors (Lipinski definition) is 2. The molecule has 1 amide bonds. The van der Waals surface area contributed by atoms with E-state index in [4.69, 9.17) is 23.8 Å². The van der Waals surface area contributed by atoms with Crippen LogP contribution in [0.25, 0.3) is 0 Å². The molecule has 1 aromatic carbocycles. The predicted octanol–water partition coefficient (Wildman–Crippen LogP) is 9.41. The maximum atomic E-state index is 11.7. The van der Waals surface area contributed by atoms with Crippen molar-refractivity contribution in [3.63, 3.8) is 0 Å². The number of nitrogens with one attached hydrogen (secondary N) is 1. The summed E-state index contributed by atoms with van der Waals surface area (Å²) < 4.78 is 14.7. The summed E-state index contributed by atoms with van der Waals surface area (Å²) in [5.41, 5.74) is 0.146. The second-order valence-corrected chi connectivity index (χ2v) is 12.6. The van der Waals surface area contributed by atoms with E-state index in [1.165, 1.54) is 25.3 Å². The molecule has 0 heterocycles. The molecule has 0 aromatic heterocycles. The molecule has 0 radical (unpaired) electrons. The monoisotopic (exact) mass is 860 g/mol. The Morgan fingerprint density at radius 1 is 0.776 bits per heavy atom. The molecule has 354 valence electrons. The molecule has 0 bridgehead atoms. The Bertz CT molecular complexity index is 1040. The van der Waals surface area contributed by atoms with E-state index in [1.54, 1.807) is 18.7 Å². The summed E-state index contributed by atoms with van der Waals surface area (Å²) in [6, 6.07) is 9.36. The van der Waals surface area contributed by atoms with Gasteiger partial charge < -0.3 is 34.4 Å². The van der Waals surface area contributed by atoms with Crippen LogP contribution in [0.3, 0.4) is 0 Å². The fraction of sp³-hybridized carbons (Fsp3) is 0.750. The minimum absolute atomic E-state index is 0. The number of aliphatic hydroxyl groups excluding tert-OH is 1. The molecule has 58 heavy (non-hydrogen) atoms. The highest BCUT2D eigenvalue weighted by molar-refractivity contribution is 7.99. The first kappa shape index (κ1) is 86.5. The molecule has 13 nitrogen and oxygen atoms in total. The lowest BCUT2D eigenvalue weighted by atomic mass is 9.97. The molecule has 1 rings (SSSR count). The van der Waals surface area contributed by atoms with Crippen molar-refractivity contribution >= 4 is 41.7 Å². The van der Waals surface area contributed by atoms with E-state index >= 15 is 0 Å². The van der Waals surface area contributed by atoms with Crippen LogP contribution in [-0.2, 0) is 38.2 Å². The molecule has 14 heteroatoms. The first-order chi connectivity index (χ1) is 23.2. The lowest BCUT2D eigenvalue weighted by Crippen LogP contribution is -2.28. The molecule has 1 atom stereocenters. The molecule has 0 saturated carbocycles. The average molecular weight is 860 g/mol. The van der Waals surface area contributed by atoms with Gasteiger partial charge in [0.25, 0.3) is 5.91 Å². The minimum Gasteiger partial charge on any atom is -0.469 e. The Hall–Kier alpha value is -3.29. The van der Waals surface area contributed by atoms with Gasteiger partial charge in [-0.3, -0.25) is 19.2 Å². The summed E-state index contributed by atoms with van der Waals surface area (Å²) in [6.45, 7) is 12.9. The summed E-state index contributed by atoms with van der Waals surface area (Å²) in [4.78, 5) is 66.5. The van der Waals surface area contributed by atoms with Gasteiger partial charge in [-0.15, -0.1) is 0 Å². The SMILES string of the molecule is C.C.C.C.C.C.C.C.C.CCCN(C)C(=O)c1ccccc1.CCCN(C)CCC(=O)OCC(O)COC(=O)CCSCC(C)(C)C(=O)OC.CCCNC.O=C=O. The van der Waals surface area contributed by atoms with Crippen LogP contribution in [0, 0.1) is 5.41 Å². The Morgan fingerprint density at radius 3 is 1.60 bits per heavy atom. The summed E-state index contributed by atoms with van der Waals surface area (Å²) >= 11 is 1.45. The number of rotatable bonds is 20. The van der Waals surface area contributed by atoms with Gasteiger partial charge in [0, 0.05) is 37.2 Å². The van der Waals surface area contributed by atoms with Crippen LogP contribution in [0.5, 0.6) is 0 Å². The Labute approximate surface area is 364 Å². The predicted molar refractivity (Wildman–Crippen MR) is 252 cm³/mol. The number of nitrogens with zero attached hydrogens (tertiary/aromatic N) is 2. The van der Waals surface area contributed by atoms with E-state index in [0.717, 1.165) is 38.0 Å². The van der Waals surface area contributed by atoms with Gasteiger partial charge in [-0.1, -0.05) is 106 Å². The smallest absolute Gasteiger partial charge is 0.373 e. The second-order valence-electron chi connectivity index (χ2n) is 11.5. The Balaban J connectivity index is -0.0000000598. The molecule has 2 N–H and O–H groups in total. The topological polar surface area (TPSA) is 169 Å². The zero-order valence-electron chi connectivity index (χ0n) is 31.1. The van der Waals surface area contributed by atoms with Gasteiger partial charge in [0.15, 0.2) is 0 Å². The summed E-state index contributed by atoms with van der Waals surface area (Å²) in [5, 5.41) is 12.8. The van der Waals surface area contributed by atoms with Crippen LogP contribution in [-0.4, -0.2) is 130 Å². The summed E-state index contributed by atoms with van der Waals surface area (Å²) in [7, 11) is 7.07. The number of methoxy groups -OCH3 is 1. The highest BCUT2D eigenvalue weighted by Gasteiger charge is 2.28. The van der Waals surface area contributed by atoms with Crippen LogP contribution in [0.15, 0.2) is 30.3 Å². The quantitative estimate of drug-likeness (QED) is 0.0723. The number of esters is 3. The lowest BCUT2D eigenvalue weighted by Gasteiger charge is -2.20. The number of thioether (sulfide) groups is 1. The van der Waals surface area contributed by atoms with Crippen LogP contribution in [0.4, 0.5) is 0 Å². The average Bonchev–Trinajstić information content (AvgIpc) is 3.08. The molecule has 0 aliphatic heterocycles. The van der Waals surface area contributed by atoms with Gasteiger partial charge in [0.2, 0.25) is 0 Å². The van der Waals surface area contributed by atoms with Gasteiger partial charge >= 0.3 is 24.1 Å². The van der Waals surface area contributed by atoms with Crippen molar-refractivity contribution in [2.75, 3.05) is 79.2 Å². The van der Waals surface area contributed by atoms with Crippen molar-refractivity contribution in [3.05, 3.63) is 35.9 Å². The first-order valence-electron chi connectivity index (χ1n) is 16.5. The largest absolute Gasteiger partial charge is 0.469 e. The zero-order chi connectivity index (χ0) is 38.1. The van der Waals surface area contributed by atoms with Crippen LogP contribution >= 0.6 is 11.8 Å². The van der Waals surface area contributed by atoms with E-state index < -0.39 is 23.5 Å². The molecule has 0 spiro atoms. The molecular formula is C44H97N3O10S. The lowest BCUT2D eigenvalue weighted by molar-refractivity contribution is -0.191. The molecule has 0 fully saturated rings. The maximum absolute atomic E-state index is 11.7. The first-order valence-corrected chi connectivity index (χ1v) is 17.6. The van der Waals surface area contributed by atoms with Crippen molar-refractivity contribution in [1.82, 2.24) is 15.1 Å². The third kappa shape index (κ3) is 52.7. The van der Waals surface area contributed by atoms with Crippen molar-refractivity contribution in [2.24, 2.45) is 5.41 Å². The zero-order valence-corrected chi connectivity index (χ0v) is 31.9. The molecule has 0 aliphatic carbocycles. The van der Waals surface area contributed by atoms with Crippen molar-refractivity contribution in [3.8, 4) is 0 Å². The van der Waals surface area contributed by atoms with E-state index in [0.29, 0.717) is 18.1 Å². The standard InChI is InChI=1S/C19H35NO7S.C11H15NO.C4H11N.CO2.9CH4/c1-6-9-20(4)10-7-16(22)26-12-15(21)13-27-17(23)8-11-28-14-19(2,3)18(24)25-5;1-3-9-12(2)11(13)10-7-5-4-6-8-10;1-3-4-5-2;2-1-3;;;;;;;;;/h15,21H,6-14H2,1-5H3;4-8H,3,9H2,1-2H3;5H,3-4H2,1-2H3;;9*1H4. The number of hydrogen-bond acceptors (Lipinski definition) is 13. The van der Waals surface area contributed by atoms with Gasteiger partial charge in [-0.2, -0.15) is 21.4 Å². The maximum Gasteiger partial charge on any atom is 0.373 e. The van der Waals surface area contributed by atoms with Gasteiger partial charge in [0.05, 0.1) is 25.4 Å². The van der Waals surface area contributed by atoms with Crippen molar-refractivity contribution in [1.29, 1.82) is 0 Å². The highest BCUT2D eigenvalue weighted by atomic mass is 32.2. The molecular weight excluding hydrogens is 763 g/mol. The number of aliphatic hydroxyl groups is 1. The number of amides is 1. The van der Waals surface area contributed by atoms with E-state index in [2.05, 4.69) is 26.1 Å². The Morgan fingerprint density at radius 2 is 1.22 bits per heavy atom. The highest BCUT2D eigenvalue weighted by Crippen LogP contribution is 2.23. The second kappa shape index (κ2) is 58.0. The number of carbonyl (C=O) groups is 4. The van der Waals surface area contributed by atoms with Crippen molar-refractivity contribution < 1.29 is 48.1 Å². The Kier molecular flexibility index (Phi) is 86.6. The van der Waals surface area contributed by atoms with E-state index in [1.807, 2.05) is 56.4 Å². The fourth-order valence-electron chi connectivity index (χ4n) is 3.65. The fourth-order valence-corrected chi connectivity index (χ4v) is 4.74. The van der Waals surface area contributed by atoms with Crippen LogP contribution in [0.2, 0.25) is 0 Å². The summed E-state index contributed by atoms with van der Waals surface area (Å²) in [5.74, 6) is -0.0122. The molecule has 0 aliphatic rings. The van der Waals surface area contributed by atoms with Gasteiger partial charge in [0.1, 0.15) is 19.3 Å². The van der Waals surface area contributed by atoms with Crippen molar-refractivity contribution in [2.45, 2.75) is 140 Å². The number of benzene rings is 1. The van der Waals surface area contributed by atoms with E-state index in [-0.39, 0.29) is 111 Å². The van der Waals surface area contributed by atoms with Gasteiger partial charge in [-0.05, 0) is 72.4 Å². The minimum atomic E-state index is -1.05. The third-order valence-corrected chi connectivity index (χ3v) is 7.67. The molecule has 1 unspecified atom stereocenters. The number of ether oxygens (including phenoxy) is 3. The molecule has 1 aromatic rings.